The molecule has 4 nitrogen and oxygen atoms in total. The van der Waals surface area contributed by atoms with Crippen molar-refractivity contribution in [3.63, 3.8) is 0 Å². The monoisotopic (exact) mass is 352 g/mol. The summed E-state index contributed by atoms with van der Waals surface area (Å²) in [7, 11) is 0. The molecule has 1 fully saturated rings. The predicted octanol–water partition coefficient (Wildman–Crippen LogP) is 3.01. The lowest BCUT2D eigenvalue weighted by molar-refractivity contribution is 0.221. The van der Waals surface area contributed by atoms with Gasteiger partial charge in [-0.1, -0.05) is 41.7 Å². The highest BCUT2D eigenvalue weighted by molar-refractivity contribution is 9.11. The smallest absolute Gasteiger partial charge is 0.209 e. The molecule has 6 heteroatoms. The molecule has 2 heterocycles. The molecule has 20 heavy (non-hydrogen) atoms. The fourth-order valence-electron chi connectivity index (χ4n) is 2.62. The van der Waals surface area contributed by atoms with E-state index in [4.69, 9.17) is 0 Å². The van der Waals surface area contributed by atoms with Gasteiger partial charge < -0.3 is 4.90 Å². The molecule has 1 atom stereocenters. The van der Waals surface area contributed by atoms with E-state index in [1.165, 1.54) is 5.56 Å². The molecule has 0 spiro atoms. The summed E-state index contributed by atoms with van der Waals surface area (Å²) in [5.41, 5.74) is 1.38. The van der Waals surface area contributed by atoms with Gasteiger partial charge in [0.15, 0.2) is 3.92 Å². The first kappa shape index (κ1) is 14.0. The van der Waals surface area contributed by atoms with Gasteiger partial charge in [0.25, 0.3) is 0 Å². The first-order valence-corrected chi connectivity index (χ1v) is 8.35. The predicted molar refractivity (Wildman–Crippen MR) is 86.1 cm³/mol. The van der Waals surface area contributed by atoms with Crippen LogP contribution >= 0.6 is 27.3 Å². The minimum absolute atomic E-state index is 0.465. The summed E-state index contributed by atoms with van der Waals surface area (Å²) in [4.78, 5) is 4.86. The molecular formula is C14H17BrN4S. The van der Waals surface area contributed by atoms with Crippen molar-refractivity contribution in [2.45, 2.75) is 19.5 Å². The summed E-state index contributed by atoms with van der Waals surface area (Å²) >= 11 is 4.99. The lowest BCUT2D eigenvalue weighted by Crippen LogP contribution is -2.51. The van der Waals surface area contributed by atoms with Gasteiger partial charge in [-0.3, -0.25) is 4.90 Å². The number of aromatic nitrogens is 2. The number of halogens is 1. The fourth-order valence-corrected chi connectivity index (χ4v) is 3.83. The largest absolute Gasteiger partial charge is 0.341 e. The Hall–Kier alpha value is -0.980. The van der Waals surface area contributed by atoms with E-state index in [-0.39, 0.29) is 0 Å². The molecule has 106 valence electrons. The summed E-state index contributed by atoms with van der Waals surface area (Å²) in [5.74, 6) is 0. The molecule has 0 aliphatic carbocycles. The first-order chi connectivity index (χ1) is 9.72. The number of rotatable bonds is 3. The van der Waals surface area contributed by atoms with E-state index in [9.17, 15) is 0 Å². The number of hydrogen-bond acceptors (Lipinski definition) is 5. The lowest BCUT2D eigenvalue weighted by Gasteiger charge is -2.39. The van der Waals surface area contributed by atoms with Crippen LogP contribution < -0.4 is 4.90 Å². The molecule has 1 unspecified atom stereocenters. The van der Waals surface area contributed by atoms with E-state index < -0.39 is 0 Å². The zero-order valence-corrected chi connectivity index (χ0v) is 13.8. The summed E-state index contributed by atoms with van der Waals surface area (Å²) in [5, 5.41) is 9.29. The second kappa shape index (κ2) is 6.20. The Kier molecular flexibility index (Phi) is 4.33. The van der Waals surface area contributed by atoms with Crippen LogP contribution in [-0.2, 0) is 6.54 Å². The Morgan fingerprint density at radius 3 is 2.70 bits per heavy atom. The Labute approximate surface area is 131 Å². The summed E-state index contributed by atoms with van der Waals surface area (Å²) in [6.45, 7) is 6.42. The van der Waals surface area contributed by atoms with Gasteiger partial charge in [-0.2, -0.15) is 0 Å². The normalized spacial score (nSPS) is 20.3. The van der Waals surface area contributed by atoms with Crippen LogP contribution in [0.2, 0.25) is 0 Å². The standard InChI is InChI=1S/C14H17BrN4S/c1-11-9-18(10-12-5-3-2-4-6-12)7-8-19(11)14-17-16-13(15)20-14/h2-6,11H,7-10H2,1H3. The Balaban J connectivity index is 1.62. The van der Waals surface area contributed by atoms with Crippen LogP contribution in [0.3, 0.4) is 0 Å². The van der Waals surface area contributed by atoms with E-state index in [1.807, 2.05) is 0 Å². The molecule has 1 saturated heterocycles. The van der Waals surface area contributed by atoms with E-state index in [2.05, 4.69) is 73.2 Å². The van der Waals surface area contributed by atoms with Crippen molar-refractivity contribution in [3.8, 4) is 0 Å². The Morgan fingerprint density at radius 2 is 2.05 bits per heavy atom. The van der Waals surface area contributed by atoms with Crippen LogP contribution in [-0.4, -0.2) is 40.8 Å². The van der Waals surface area contributed by atoms with Crippen molar-refractivity contribution in [2.24, 2.45) is 0 Å². The van der Waals surface area contributed by atoms with Gasteiger partial charge in [0, 0.05) is 32.2 Å². The molecule has 0 bridgehead atoms. The van der Waals surface area contributed by atoms with E-state index in [0.29, 0.717) is 6.04 Å². The zero-order chi connectivity index (χ0) is 13.9. The summed E-state index contributed by atoms with van der Waals surface area (Å²) in [6.07, 6.45) is 0. The zero-order valence-electron chi connectivity index (χ0n) is 11.4. The van der Waals surface area contributed by atoms with Gasteiger partial charge in [0.2, 0.25) is 5.13 Å². The molecule has 3 rings (SSSR count). The Bertz CT molecular complexity index is 559. The number of benzene rings is 1. The third-order valence-electron chi connectivity index (χ3n) is 3.60. The minimum atomic E-state index is 0.465. The van der Waals surface area contributed by atoms with Crippen molar-refractivity contribution in [2.75, 3.05) is 24.5 Å². The van der Waals surface area contributed by atoms with Crippen molar-refractivity contribution in [1.29, 1.82) is 0 Å². The first-order valence-electron chi connectivity index (χ1n) is 6.74. The molecule has 0 radical (unpaired) electrons. The SMILES string of the molecule is CC1CN(Cc2ccccc2)CCN1c1nnc(Br)s1. The third-order valence-corrected chi connectivity index (χ3v) is 4.99. The maximum Gasteiger partial charge on any atom is 0.209 e. The number of hydrogen-bond donors (Lipinski definition) is 0. The highest BCUT2D eigenvalue weighted by atomic mass is 79.9. The van der Waals surface area contributed by atoms with Gasteiger partial charge >= 0.3 is 0 Å². The van der Waals surface area contributed by atoms with Gasteiger partial charge in [-0.25, -0.2) is 0 Å². The minimum Gasteiger partial charge on any atom is -0.341 e. The van der Waals surface area contributed by atoms with Crippen molar-refractivity contribution < 1.29 is 0 Å². The fraction of sp³-hybridized carbons (Fsp3) is 0.429. The number of nitrogens with zero attached hydrogens (tertiary/aromatic N) is 4. The molecule has 0 saturated carbocycles. The van der Waals surface area contributed by atoms with E-state index in [1.54, 1.807) is 11.3 Å². The van der Waals surface area contributed by atoms with Crippen LogP contribution in [0.5, 0.6) is 0 Å². The van der Waals surface area contributed by atoms with Crippen molar-refractivity contribution in [3.05, 3.63) is 39.8 Å². The van der Waals surface area contributed by atoms with E-state index >= 15 is 0 Å². The quantitative estimate of drug-likeness (QED) is 0.849. The van der Waals surface area contributed by atoms with Crippen molar-refractivity contribution >= 4 is 32.4 Å². The van der Waals surface area contributed by atoms with Crippen LogP contribution in [0.4, 0.5) is 5.13 Å². The Morgan fingerprint density at radius 1 is 1.25 bits per heavy atom. The van der Waals surface area contributed by atoms with Gasteiger partial charge in [0.05, 0.1) is 0 Å². The maximum atomic E-state index is 4.23. The highest BCUT2D eigenvalue weighted by Crippen LogP contribution is 2.27. The lowest BCUT2D eigenvalue weighted by atomic mass is 10.1. The molecule has 2 aromatic rings. The van der Waals surface area contributed by atoms with Crippen LogP contribution in [0.1, 0.15) is 12.5 Å². The van der Waals surface area contributed by atoms with Crippen LogP contribution in [0.25, 0.3) is 0 Å². The molecule has 1 aliphatic heterocycles. The van der Waals surface area contributed by atoms with Gasteiger partial charge in [0.1, 0.15) is 0 Å². The maximum absolute atomic E-state index is 4.23. The molecular weight excluding hydrogens is 336 g/mol. The molecule has 0 N–H and O–H groups in total. The molecule has 0 amide bonds. The van der Waals surface area contributed by atoms with Crippen LogP contribution in [0.15, 0.2) is 34.2 Å². The summed E-state index contributed by atoms with van der Waals surface area (Å²) < 4.78 is 0.853. The molecule has 1 aromatic heterocycles. The average Bonchev–Trinajstić information content (AvgIpc) is 2.86. The molecule has 1 aliphatic rings. The van der Waals surface area contributed by atoms with Gasteiger partial charge in [-0.05, 0) is 28.4 Å². The van der Waals surface area contributed by atoms with E-state index in [0.717, 1.165) is 35.2 Å². The number of piperazine rings is 1. The third kappa shape index (κ3) is 3.19. The second-order valence-electron chi connectivity index (χ2n) is 5.10. The highest BCUT2D eigenvalue weighted by Gasteiger charge is 2.26. The molecule has 1 aromatic carbocycles. The second-order valence-corrected chi connectivity index (χ2v) is 7.33. The van der Waals surface area contributed by atoms with Crippen LogP contribution in [0, 0.1) is 0 Å². The summed E-state index contributed by atoms with van der Waals surface area (Å²) in [6, 6.07) is 11.1. The topological polar surface area (TPSA) is 32.3 Å². The average molecular weight is 353 g/mol. The number of anilines is 1. The van der Waals surface area contributed by atoms with Gasteiger partial charge in [-0.15, -0.1) is 10.2 Å². The van der Waals surface area contributed by atoms with Crippen molar-refractivity contribution in [1.82, 2.24) is 15.1 Å².